The Kier molecular flexibility index (Phi) is 3.17. The number of para-hydroxylation sites is 1. The second kappa shape index (κ2) is 4.44. The van der Waals surface area contributed by atoms with Crippen molar-refractivity contribution in [1.29, 1.82) is 0 Å². The van der Waals surface area contributed by atoms with E-state index < -0.39 is 0 Å². The SMILES string of the molecule is CC(N)c1ccccc1OCC1(C)COC1. The van der Waals surface area contributed by atoms with Crippen LogP contribution in [0.2, 0.25) is 0 Å². The first kappa shape index (κ1) is 11.4. The average Bonchev–Trinajstić information content (AvgIpc) is 2.24. The highest BCUT2D eigenvalue weighted by Gasteiger charge is 2.34. The van der Waals surface area contributed by atoms with Crippen LogP contribution in [0.4, 0.5) is 0 Å². The fourth-order valence-electron chi connectivity index (χ4n) is 1.77. The number of ether oxygens (including phenoxy) is 2. The summed E-state index contributed by atoms with van der Waals surface area (Å²) in [4.78, 5) is 0. The van der Waals surface area contributed by atoms with Gasteiger partial charge >= 0.3 is 0 Å². The Morgan fingerprint density at radius 1 is 1.44 bits per heavy atom. The van der Waals surface area contributed by atoms with Crippen LogP contribution < -0.4 is 10.5 Å². The molecule has 1 saturated heterocycles. The molecule has 3 heteroatoms. The lowest BCUT2D eigenvalue weighted by Gasteiger charge is -2.37. The molecular formula is C13H19NO2. The Morgan fingerprint density at radius 2 is 2.12 bits per heavy atom. The molecular weight excluding hydrogens is 202 g/mol. The lowest BCUT2D eigenvalue weighted by atomic mass is 9.90. The highest BCUT2D eigenvalue weighted by atomic mass is 16.5. The van der Waals surface area contributed by atoms with Crippen molar-refractivity contribution in [2.45, 2.75) is 19.9 Å². The molecule has 1 unspecified atom stereocenters. The van der Waals surface area contributed by atoms with Crippen LogP contribution in [0.1, 0.15) is 25.5 Å². The van der Waals surface area contributed by atoms with Gasteiger partial charge in [-0.15, -0.1) is 0 Å². The average molecular weight is 221 g/mol. The molecule has 1 aromatic carbocycles. The van der Waals surface area contributed by atoms with Crippen molar-refractivity contribution in [2.24, 2.45) is 11.1 Å². The molecule has 2 rings (SSSR count). The van der Waals surface area contributed by atoms with Gasteiger partial charge in [-0.2, -0.15) is 0 Å². The van der Waals surface area contributed by atoms with Crippen molar-refractivity contribution in [1.82, 2.24) is 0 Å². The number of hydrogen-bond acceptors (Lipinski definition) is 3. The first-order valence-corrected chi connectivity index (χ1v) is 5.66. The molecule has 2 N–H and O–H groups in total. The molecule has 0 aliphatic carbocycles. The zero-order chi connectivity index (χ0) is 11.6. The topological polar surface area (TPSA) is 44.5 Å². The Balaban J connectivity index is 2.03. The Bertz CT molecular complexity index is 359. The van der Waals surface area contributed by atoms with Crippen molar-refractivity contribution in [3.05, 3.63) is 29.8 Å². The largest absolute Gasteiger partial charge is 0.492 e. The molecule has 3 nitrogen and oxygen atoms in total. The Morgan fingerprint density at radius 3 is 2.69 bits per heavy atom. The number of benzene rings is 1. The van der Waals surface area contributed by atoms with Gasteiger partial charge in [0.15, 0.2) is 0 Å². The summed E-state index contributed by atoms with van der Waals surface area (Å²) in [5.74, 6) is 0.894. The van der Waals surface area contributed by atoms with E-state index in [0.29, 0.717) is 6.61 Å². The summed E-state index contributed by atoms with van der Waals surface area (Å²) in [7, 11) is 0. The van der Waals surface area contributed by atoms with E-state index in [9.17, 15) is 0 Å². The normalized spacial score (nSPS) is 19.9. The third-order valence-electron chi connectivity index (χ3n) is 2.89. The van der Waals surface area contributed by atoms with Gasteiger partial charge in [0.25, 0.3) is 0 Å². The van der Waals surface area contributed by atoms with Gasteiger partial charge in [0, 0.05) is 17.0 Å². The van der Waals surface area contributed by atoms with Crippen molar-refractivity contribution < 1.29 is 9.47 Å². The zero-order valence-corrected chi connectivity index (χ0v) is 9.90. The lowest BCUT2D eigenvalue weighted by Crippen LogP contribution is -2.44. The molecule has 1 heterocycles. The molecule has 0 amide bonds. The van der Waals surface area contributed by atoms with Gasteiger partial charge in [-0.05, 0) is 13.0 Å². The zero-order valence-electron chi connectivity index (χ0n) is 9.90. The van der Waals surface area contributed by atoms with Gasteiger partial charge < -0.3 is 15.2 Å². The Labute approximate surface area is 96.5 Å². The summed E-state index contributed by atoms with van der Waals surface area (Å²) in [6.07, 6.45) is 0. The van der Waals surface area contributed by atoms with Crippen LogP contribution >= 0.6 is 0 Å². The molecule has 0 spiro atoms. The minimum Gasteiger partial charge on any atom is -0.492 e. The van der Waals surface area contributed by atoms with Crippen molar-refractivity contribution in [3.63, 3.8) is 0 Å². The molecule has 0 radical (unpaired) electrons. The number of rotatable bonds is 4. The van der Waals surface area contributed by atoms with E-state index in [2.05, 4.69) is 6.92 Å². The molecule has 1 aromatic rings. The van der Waals surface area contributed by atoms with Crippen LogP contribution in [-0.2, 0) is 4.74 Å². The van der Waals surface area contributed by atoms with Crippen LogP contribution in [0.25, 0.3) is 0 Å². The maximum absolute atomic E-state index is 5.90. The maximum atomic E-state index is 5.90. The number of hydrogen-bond donors (Lipinski definition) is 1. The van der Waals surface area contributed by atoms with Crippen LogP contribution in [0, 0.1) is 5.41 Å². The third-order valence-corrected chi connectivity index (χ3v) is 2.89. The van der Waals surface area contributed by atoms with Gasteiger partial charge in [-0.25, -0.2) is 0 Å². The minimum atomic E-state index is 0.00152. The minimum absolute atomic E-state index is 0.00152. The third kappa shape index (κ3) is 2.36. The molecule has 0 aromatic heterocycles. The van der Waals surface area contributed by atoms with E-state index in [1.807, 2.05) is 31.2 Å². The van der Waals surface area contributed by atoms with Crippen LogP contribution in [0.3, 0.4) is 0 Å². The maximum Gasteiger partial charge on any atom is 0.124 e. The van der Waals surface area contributed by atoms with Crippen LogP contribution in [0.5, 0.6) is 5.75 Å². The first-order chi connectivity index (χ1) is 7.61. The van der Waals surface area contributed by atoms with Gasteiger partial charge in [0.1, 0.15) is 5.75 Å². The highest BCUT2D eigenvalue weighted by Crippen LogP contribution is 2.29. The molecule has 1 fully saturated rings. The van der Waals surface area contributed by atoms with E-state index in [0.717, 1.165) is 24.5 Å². The van der Waals surface area contributed by atoms with Crippen LogP contribution in [0.15, 0.2) is 24.3 Å². The van der Waals surface area contributed by atoms with E-state index in [1.165, 1.54) is 0 Å². The van der Waals surface area contributed by atoms with Crippen molar-refractivity contribution in [3.8, 4) is 5.75 Å². The monoisotopic (exact) mass is 221 g/mol. The molecule has 0 bridgehead atoms. The predicted molar refractivity (Wildman–Crippen MR) is 63.5 cm³/mol. The summed E-state index contributed by atoms with van der Waals surface area (Å²) in [5.41, 5.74) is 7.13. The fraction of sp³-hybridized carbons (Fsp3) is 0.538. The molecule has 1 atom stereocenters. The summed E-state index contributed by atoms with van der Waals surface area (Å²) in [5, 5.41) is 0. The summed E-state index contributed by atoms with van der Waals surface area (Å²) >= 11 is 0. The summed E-state index contributed by atoms with van der Waals surface area (Å²) in [6, 6.07) is 7.95. The van der Waals surface area contributed by atoms with Crippen molar-refractivity contribution in [2.75, 3.05) is 19.8 Å². The summed E-state index contributed by atoms with van der Waals surface area (Å²) < 4.78 is 11.0. The summed E-state index contributed by atoms with van der Waals surface area (Å²) in [6.45, 7) is 6.40. The van der Waals surface area contributed by atoms with Gasteiger partial charge in [0.2, 0.25) is 0 Å². The second-order valence-corrected chi connectivity index (χ2v) is 4.92. The van der Waals surface area contributed by atoms with E-state index >= 15 is 0 Å². The molecule has 1 aliphatic rings. The quantitative estimate of drug-likeness (QED) is 0.847. The molecule has 0 saturated carbocycles. The van der Waals surface area contributed by atoms with Crippen LogP contribution in [-0.4, -0.2) is 19.8 Å². The van der Waals surface area contributed by atoms with E-state index in [4.69, 9.17) is 15.2 Å². The standard InChI is InChI=1S/C13H19NO2/c1-10(14)11-5-3-4-6-12(11)16-9-13(2)7-15-8-13/h3-6,10H,7-9,14H2,1-2H3. The molecule has 88 valence electrons. The first-order valence-electron chi connectivity index (χ1n) is 5.66. The smallest absolute Gasteiger partial charge is 0.124 e. The van der Waals surface area contributed by atoms with Gasteiger partial charge in [-0.1, -0.05) is 25.1 Å². The second-order valence-electron chi connectivity index (χ2n) is 4.92. The Hall–Kier alpha value is -1.06. The van der Waals surface area contributed by atoms with Crippen molar-refractivity contribution >= 4 is 0 Å². The van der Waals surface area contributed by atoms with Gasteiger partial charge in [0.05, 0.1) is 19.8 Å². The number of nitrogens with two attached hydrogens (primary N) is 1. The van der Waals surface area contributed by atoms with Gasteiger partial charge in [-0.3, -0.25) is 0 Å². The fourth-order valence-corrected chi connectivity index (χ4v) is 1.77. The highest BCUT2D eigenvalue weighted by molar-refractivity contribution is 5.35. The molecule has 16 heavy (non-hydrogen) atoms. The lowest BCUT2D eigenvalue weighted by molar-refractivity contribution is -0.120. The van der Waals surface area contributed by atoms with E-state index in [-0.39, 0.29) is 11.5 Å². The predicted octanol–water partition coefficient (Wildman–Crippen LogP) is 2.12. The molecule has 1 aliphatic heterocycles. The van der Waals surface area contributed by atoms with E-state index in [1.54, 1.807) is 0 Å².